The number of nitro groups is 1. The predicted molar refractivity (Wildman–Crippen MR) is 97.6 cm³/mol. The molecule has 1 aliphatic rings. The number of nitro benzene ring substituents is 1. The van der Waals surface area contributed by atoms with Gasteiger partial charge < -0.3 is 9.64 Å². The molecule has 3 rings (SSSR count). The maximum atomic E-state index is 12.7. The van der Waals surface area contributed by atoms with Crippen LogP contribution in [0.25, 0.3) is 0 Å². The highest BCUT2D eigenvalue weighted by molar-refractivity contribution is 5.88. The van der Waals surface area contributed by atoms with Gasteiger partial charge in [-0.15, -0.1) is 0 Å². The van der Waals surface area contributed by atoms with E-state index >= 15 is 0 Å². The summed E-state index contributed by atoms with van der Waals surface area (Å²) in [6, 6.07) is 15.0. The molecule has 0 spiro atoms. The molecular formula is C20H20N2O5. The Balaban J connectivity index is 1.95. The summed E-state index contributed by atoms with van der Waals surface area (Å²) in [6.45, 7) is 2.31. The lowest BCUT2D eigenvalue weighted by molar-refractivity contribution is -0.384. The summed E-state index contributed by atoms with van der Waals surface area (Å²) in [4.78, 5) is 37.2. The molecule has 2 aromatic carbocycles. The van der Waals surface area contributed by atoms with Crippen LogP contribution >= 0.6 is 0 Å². The van der Waals surface area contributed by atoms with Gasteiger partial charge in [-0.2, -0.15) is 0 Å². The average Bonchev–Trinajstić information content (AvgIpc) is 2.99. The third-order valence-electron chi connectivity index (χ3n) is 4.66. The minimum absolute atomic E-state index is 0.0367. The van der Waals surface area contributed by atoms with Gasteiger partial charge in [-0.05, 0) is 18.1 Å². The van der Waals surface area contributed by atoms with E-state index in [9.17, 15) is 19.7 Å². The van der Waals surface area contributed by atoms with Crippen LogP contribution in [0, 0.1) is 16.0 Å². The zero-order valence-corrected chi connectivity index (χ0v) is 14.9. The number of nitrogens with zero attached hydrogens (tertiary/aromatic N) is 2. The van der Waals surface area contributed by atoms with E-state index in [0.29, 0.717) is 12.1 Å². The van der Waals surface area contributed by atoms with Crippen molar-refractivity contribution in [2.75, 3.05) is 6.61 Å². The summed E-state index contributed by atoms with van der Waals surface area (Å²) in [5.41, 5.74) is 1.59. The molecule has 0 unspecified atom stereocenters. The molecule has 0 bridgehead atoms. The number of carbonyl (C=O) groups excluding carboxylic acids is 2. The van der Waals surface area contributed by atoms with E-state index in [4.69, 9.17) is 4.74 Å². The Kier molecular flexibility index (Phi) is 5.49. The average molecular weight is 368 g/mol. The lowest BCUT2D eigenvalue weighted by Crippen LogP contribution is -2.30. The number of likely N-dealkylation sites (tertiary alicyclic amines) is 1. The molecule has 0 aromatic heterocycles. The Morgan fingerprint density at radius 1 is 1.19 bits per heavy atom. The van der Waals surface area contributed by atoms with E-state index in [1.807, 2.05) is 30.3 Å². The lowest BCUT2D eigenvalue weighted by atomic mass is 9.93. The highest BCUT2D eigenvalue weighted by atomic mass is 16.6. The summed E-state index contributed by atoms with van der Waals surface area (Å²) < 4.78 is 5.16. The quantitative estimate of drug-likeness (QED) is 0.443. The maximum Gasteiger partial charge on any atom is 0.311 e. The van der Waals surface area contributed by atoms with Gasteiger partial charge in [-0.25, -0.2) is 0 Å². The van der Waals surface area contributed by atoms with Crippen molar-refractivity contribution < 1.29 is 19.2 Å². The van der Waals surface area contributed by atoms with Crippen LogP contribution in [0.1, 0.15) is 30.5 Å². The van der Waals surface area contributed by atoms with Crippen LogP contribution in [0.4, 0.5) is 5.69 Å². The second kappa shape index (κ2) is 7.99. The molecule has 1 saturated heterocycles. The van der Waals surface area contributed by atoms with E-state index < -0.39 is 22.9 Å². The van der Waals surface area contributed by atoms with Gasteiger partial charge in [-0.3, -0.25) is 19.7 Å². The van der Waals surface area contributed by atoms with Crippen molar-refractivity contribution in [3.63, 3.8) is 0 Å². The van der Waals surface area contributed by atoms with Crippen molar-refractivity contribution in [2.45, 2.75) is 25.9 Å². The Morgan fingerprint density at radius 2 is 1.85 bits per heavy atom. The van der Waals surface area contributed by atoms with Crippen LogP contribution in [-0.4, -0.2) is 28.3 Å². The number of carbonyl (C=O) groups is 2. The number of benzene rings is 2. The molecule has 1 aliphatic heterocycles. The maximum absolute atomic E-state index is 12.7. The summed E-state index contributed by atoms with van der Waals surface area (Å²) >= 11 is 0. The van der Waals surface area contributed by atoms with Crippen molar-refractivity contribution >= 4 is 17.6 Å². The minimum Gasteiger partial charge on any atom is -0.466 e. The number of rotatable bonds is 6. The fourth-order valence-corrected chi connectivity index (χ4v) is 3.42. The second-order valence-corrected chi connectivity index (χ2v) is 6.36. The van der Waals surface area contributed by atoms with Crippen molar-refractivity contribution in [2.24, 2.45) is 5.92 Å². The van der Waals surface area contributed by atoms with Gasteiger partial charge in [0.05, 0.1) is 23.5 Å². The molecule has 0 radical (unpaired) electrons. The Morgan fingerprint density at radius 3 is 2.44 bits per heavy atom. The lowest BCUT2D eigenvalue weighted by Gasteiger charge is -2.28. The fraction of sp³-hybridized carbons (Fsp3) is 0.300. The first-order valence-electron chi connectivity index (χ1n) is 8.75. The standard InChI is InChI=1S/C20H20N2O5/c1-2-27-20(24)17-12-18(23)21(13-14-6-4-3-5-7-14)19(17)15-8-10-16(11-9-15)22(25)26/h3-11,17,19H,2,12-13H2,1H3/t17-,19-/m0/s1. The summed E-state index contributed by atoms with van der Waals surface area (Å²) in [5.74, 6) is -1.20. The molecule has 1 amide bonds. The topological polar surface area (TPSA) is 89.8 Å². The third-order valence-corrected chi connectivity index (χ3v) is 4.66. The fourth-order valence-electron chi connectivity index (χ4n) is 3.42. The van der Waals surface area contributed by atoms with Crippen LogP contribution in [0.3, 0.4) is 0 Å². The second-order valence-electron chi connectivity index (χ2n) is 6.36. The summed E-state index contributed by atoms with van der Waals surface area (Å²) in [6.07, 6.45) is 0.0628. The molecule has 2 atom stereocenters. The van der Waals surface area contributed by atoms with Gasteiger partial charge in [0.25, 0.3) is 5.69 Å². The third kappa shape index (κ3) is 3.97. The van der Waals surface area contributed by atoms with E-state index in [1.54, 1.807) is 24.0 Å². The Labute approximate surface area is 156 Å². The van der Waals surface area contributed by atoms with Crippen LogP contribution in [-0.2, 0) is 20.9 Å². The smallest absolute Gasteiger partial charge is 0.311 e. The Hall–Kier alpha value is -3.22. The van der Waals surface area contributed by atoms with Gasteiger partial charge in [0.15, 0.2) is 0 Å². The molecule has 27 heavy (non-hydrogen) atoms. The largest absolute Gasteiger partial charge is 0.466 e. The molecule has 1 heterocycles. The van der Waals surface area contributed by atoms with Crippen LogP contribution < -0.4 is 0 Å². The van der Waals surface area contributed by atoms with Crippen molar-refractivity contribution in [3.05, 3.63) is 75.8 Å². The van der Waals surface area contributed by atoms with Gasteiger partial charge in [0.1, 0.15) is 0 Å². The predicted octanol–water partition coefficient (Wildman–Crippen LogP) is 3.25. The number of hydrogen-bond acceptors (Lipinski definition) is 5. The van der Waals surface area contributed by atoms with E-state index in [-0.39, 0.29) is 24.6 Å². The molecule has 7 heteroatoms. The van der Waals surface area contributed by atoms with Crippen LogP contribution in [0.2, 0.25) is 0 Å². The van der Waals surface area contributed by atoms with E-state index in [0.717, 1.165) is 5.56 Å². The van der Waals surface area contributed by atoms with E-state index in [1.165, 1.54) is 12.1 Å². The summed E-state index contributed by atoms with van der Waals surface area (Å²) in [7, 11) is 0. The van der Waals surface area contributed by atoms with Crippen molar-refractivity contribution in [1.29, 1.82) is 0 Å². The first-order valence-corrected chi connectivity index (χ1v) is 8.75. The number of amides is 1. The zero-order chi connectivity index (χ0) is 19.4. The first-order chi connectivity index (χ1) is 13.0. The monoisotopic (exact) mass is 368 g/mol. The normalized spacial score (nSPS) is 19.1. The van der Waals surface area contributed by atoms with Crippen molar-refractivity contribution in [1.82, 2.24) is 4.90 Å². The number of non-ortho nitro benzene ring substituents is 1. The molecular weight excluding hydrogens is 348 g/mol. The van der Waals surface area contributed by atoms with Crippen LogP contribution in [0.5, 0.6) is 0 Å². The number of ether oxygens (including phenoxy) is 1. The van der Waals surface area contributed by atoms with Gasteiger partial charge in [0, 0.05) is 25.1 Å². The molecule has 0 N–H and O–H groups in total. The molecule has 0 saturated carbocycles. The molecule has 1 fully saturated rings. The van der Waals surface area contributed by atoms with Gasteiger partial charge in [-0.1, -0.05) is 42.5 Å². The number of hydrogen-bond donors (Lipinski definition) is 0. The Bertz CT molecular complexity index is 835. The minimum atomic E-state index is -0.636. The highest BCUT2D eigenvalue weighted by Gasteiger charge is 2.45. The molecule has 7 nitrogen and oxygen atoms in total. The first kappa shape index (κ1) is 18.6. The SMILES string of the molecule is CCOC(=O)[C@H]1CC(=O)N(Cc2ccccc2)[C@H]1c1ccc([N+](=O)[O-])cc1. The number of esters is 1. The van der Waals surface area contributed by atoms with Gasteiger partial charge in [0.2, 0.25) is 5.91 Å². The molecule has 140 valence electrons. The summed E-state index contributed by atoms with van der Waals surface area (Å²) in [5, 5.41) is 10.9. The molecule has 2 aromatic rings. The van der Waals surface area contributed by atoms with Gasteiger partial charge >= 0.3 is 5.97 Å². The zero-order valence-electron chi connectivity index (χ0n) is 14.9. The highest BCUT2D eigenvalue weighted by Crippen LogP contribution is 2.40. The van der Waals surface area contributed by atoms with Crippen LogP contribution in [0.15, 0.2) is 54.6 Å². The van der Waals surface area contributed by atoms with Crippen molar-refractivity contribution in [3.8, 4) is 0 Å². The molecule has 0 aliphatic carbocycles. The van der Waals surface area contributed by atoms with E-state index in [2.05, 4.69) is 0 Å².